The Morgan fingerprint density at radius 1 is 0.273 bits per heavy atom. The molecule has 0 amide bonds. The van der Waals surface area contributed by atoms with E-state index >= 15 is 0 Å². The number of benzene rings is 9. The average Bonchev–Trinajstić information content (AvgIpc) is 3.65. The smallest absolute Gasteiger partial charge is 0.164 e. The van der Waals surface area contributed by atoms with Crippen LogP contribution in [0, 0.1) is 0 Å². The van der Waals surface area contributed by atoms with Gasteiger partial charge in [0.25, 0.3) is 0 Å². The second kappa shape index (κ2) is 12.6. The second-order valence-electron chi connectivity index (χ2n) is 14.0. The minimum absolute atomic E-state index is 0.593. The van der Waals surface area contributed by atoms with E-state index < -0.39 is 0 Å². The van der Waals surface area contributed by atoms with Gasteiger partial charge in [0.1, 0.15) is 11.2 Å². The summed E-state index contributed by atoms with van der Waals surface area (Å²) in [5, 5.41) is 9.59. The summed E-state index contributed by atoms with van der Waals surface area (Å²) in [6.07, 6.45) is 0. The molecule has 11 aromatic rings. The van der Waals surface area contributed by atoms with Crippen LogP contribution in [0.2, 0.25) is 0 Å². The molecule has 0 unspecified atom stereocenters. The van der Waals surface area contributed by atoms with Gasteiger partial charge in [-0.05, 0) is 84.9 Å². The van der Waals surface area contributed by atoms with Crippen LogP contribution in [0.1, 0.15) is 0 Å². The normalized spacial score (nSPS) is 11.6. The van der Waals surface area contributed by atoms with Crippen molar-refractivity contribution in [1.29, 1.82) is 0 Å². The molecule has 4 heteroatoms. The van der Waals surface area contributed by atoms with Gasteiger partial charge < -0.3 is 4.42 Å². The number of aromatic nitrogens is 3. The van der Waals surface area contributed by atoms with Crippen molar-refractivity contribution < 1.29 is 4.42 Å². The largest absolute Gasteiger partial charge is 0.456 e. The first-order valence-electron chi connectivity index (χ1n) is 18.5. The van der Waals surface area contributed by atoms with E-state index in [0.29, 0.717) is 17.5 Å². The number of hydrogen-bond donors (Lipinski definition) is 0. The van der Waals surface area contributed by atoms with Crippen molar-refractivity contribution in [3.8, 4) is 56.4 Å². The van der Waals surface area contributed by atoms with Crippen molar-refractivity contribution in [3.05, 3.63) is 188 Å². The van der Waals surface area contributed by atoms with E-state index in [0.717, 1.165) is 60.9 Å². The average molecular weight is 702 g/mol. The number of para-hydroxylation sites is 1. The summed E-state index contributed by atoms with van der Waals surface area (Å²) < 4.78 is 6.57. The molecule has 0 fully saturated rings. The highest BCUT2D eigenvalue weighted by molar-refractivity contribution is 6.25. The first-order valence-corrected chi connectivity index (χ1v) is 18.5. The summed E-state index contributed by atoms with van der Waals surface area (Å²) in [5.74, 6) is 1.83. The fourth-order valence-corrected chi connectivity index (χ4v) is 8.09. The third kappa shape index (κ3) is 5.26. The predicted octanol–water partition coefficient (Wildman–Crippen LogP) is 13.6. The monoisotopic (exact) mass is 701 g/mol. The van der Waals surface area contributed by atoms with Crippen LogP contribution in [0.4, 0.5) is 0 Å². The van der Waals surface area contributed by atoms with Crippen LogP contribution in [0.5, 0.6) is 0 Å². The van der Waals surface area contributed by atoms with E-state index in [4.69, 9.17) is 19.4 Å². The van der Waals surface area contributed by atoms with Gasteiger partial charge in [-0.1, -0.05) is 158 Å². The first kappa shape index (κ1) is 31.1. The Labute approximate surface area is 317 Å². The standard InChI is InChI=1S/C51H31N3O/c1-3-14-32(15-4-1)49-52-50(33-16-5-2-6-17-33)54-51(53-49)45-30-37(31-47-48(45)43-24-11-12-25-46(43)55-47)35-19-13-18-34(28-35)36-26-27-42-40-22-8-7-20-38(40)39-21-9-10-23-41(39)44(42)29-36/h1-31H. The molecule has 4 nitrogen and oxygen atoms in total. The molecule has 55 heavy (non-hydrogen) atoms. The van der Waals surface area contributed by atoms with Gasteiger partial charge in [-0.15, -0.1) is 0 Å². The summed E-state index contributed by atoms with van der Waals surface area (Å²) in [6, 6.07) is 65.8. The fourth-order valence-electron chi connectivity index (χ4n) is 8.09. The van der Waals surface area contributed by atoms with E-state index in [1.165, 1.54) is 32.3 Å². The van der Waals surface area contributed by atoms with E-state index in [1.54, 1.807) is 0 Å². The van der Waals surface area contributed by atoms with E-state index in [9.17, 15) is 0 Å². The highest BCUT2D eigenvalue weighted by Gasteiger charge is 2.20. The molecule has 256 valence electrons. The summed E-state index contributed by atoms with van der Waals surface area (Å²) in [7, 11) is 0. The second-order valence-corrected chi connectivity index (χ2v) is 14.0. The zero-order chi connectivity index (χ0) is 36.3. The zero-order valence-corrected chi connectivity index (χ0v) is 29.6. The molecule has 0 radical (unpaired) electrons. The van der Waals surface area contributed by atoms with Crippen LogP contribution in [0.25, 0.3) is 111 Å². The van der Waals surface area contributed by atoms with Gasteiger partial charge in [0.05, 0.1) is 0 Å². The Morgan fingerprint density at radius 2 is 0.745 bits per heavy atom. The molecule has 0 saturated heterocycles. The summed E-state index contributed by atoms with van der Waals surface area (Å²) in [5.41, 5.74) is 8.75. The molecular formula is C51H31N3O. The minimum atomic E-state index is 0.593. The van der Waals surface area contributed by atoms with Crippen molar-refractivity contribution in [3.63, 3.8) is 0 Å². The zero-order valence-electron chi connectivity index (χ0n) is 29.6. The molecule has 9 aromatic carbocycles. The molecule has 0 aliphatic carbocycles. The van der Waals surface area contributed by atoms with Gasteiger partial charge in [0.2, 0.25) is 0 Å². The van der Waals surface area contributed by atoms with Gasteiger partial charge in [0.15, 0.2) is 17.5 Å². The lowest BCUT2D eigenvalue weighted by Crippen LogP contribution is -2.00. The van der Waals surface area contributed by atoms with Crippen LogP contribution in [-0.2, 0) is 0 Å². The highest BCUT2D eigenvalue weighted by atomic mass is 16.3. The van der Waals surface area contributed by atoms with Gasteiger partial charge in [-0.3, -0.25) is 0 Å². The van der Waals surface area contributed by atoms with Crippen molar-refractivity contribution in [2.24, 2.45) is 0 Å². The Balaban J connectivity index is 1.11. The fraction of sp³-hybridized carbons (Fsp3) is 0. The molecule has 0 aliphatic heterocycles. The molecular weight excluding hydrogens is 671 g/mol. The lowest BCUT2D eigenvalue weighted by Gasteiger charge is -2.13. The lowest BCUT2D eigenvalue weighted by molar-refractivity contribution is 0.669. The number of nitrogens with zero attached hydrogens (tertiary/aromatic N) is 3. The molecule has 11 rings (SSSR count). The quantitative estimate of drug-likeness (QED) is 0.168. The SMILES string of the molecule is c1ccc(-c2nc(-c3ccccc3)nc(-c3cc(-c4cccc(-c5ccc6c7ccccc7c7ccccc7c6c5)c4)cc4oc5ccccc5c34)n2)cc1. The van der Waals surface area contributed by atoms with Gasteiger partial charge in [-0.25, -0.2) is 15.0 Å². The Bertz CT molecular complexity index is 3170. The van der Waals surface area contributed by atoms with Crippen LogP contribution >= 0.6 is 0 Å². The van der Waals surface area contributed by atoms with Crippen molar-refractivity contribution in [2.75, 3.05) is 0 Å². The predicted molar refractivity (Wildman–Crippen MR) is 227 cm³/mol. The van der Waals surface area contributed by atoms with Gasteiger partial charge >= 0.3 is 0 Å². The third-order valence-electron chi connectivity index (χ3n) is 10.7. The van der Waals surface area contributed by atoms with Crippen molar-refractivity contribution in [2.45, 2.75) is 0 Å². The van der Waals surface area contributed by atoms with Crippen LogP contribution in [0.15, 0.2) is 192 Å². The maximum Gasteiger partial charge on any atom is 0.164 e. The van der Waals surface area contributed by atoms with Crippen molar-refractivity contribution >= 4 is 54.3 Å². The van der Waals surface area contributed by atoms with Crippen LogP contribution < -0.4 is 0 Å². The van der Waals surface area contributed by atoms with Crippen LogP contribution in [0.3, 0.4) is 0 Å². The Morgan fingerprint density at radius 3 is 1.38 bits per heavy atom. The van der Waals surface area contributed by atoms with Crippen molar-refractivity contribution in [1.82, 2.24) is 15.0 Å². The summed E-state index contributed by atoms with van der Waals surface area (Å²) >= 11 is 0. The van der Waals surface area contributed by atoms with Crippen LogP contribution in [-0.4, -0.2) is 15.0 Å². The minimum Gasteiger partial charge on any atom is -0.456 e. The highest BCUT2D eigenvalue weighted by Crippen LogP contribution is 2.41. The lowest BCUT2D eigenvalue weighted by atomic mass is 9.91. The first-order chi connectivity index (χ1) is 27.2. The molecule has 2 heterocycles. The number of furan rings is 1. The van der Waals surface area contributed by atoms with E-state index in [-0.39, 0.29) is 0 Å². The number of fused-ring (bicyclic) bond motifs is 9. The Kier molecular flexibility index (Phi) is 7.14. The molecule has 0 bridgehead atoms. The summed E-state index contributed by atoms with van der Waals surface area (Å²) in [4.78, 5) is 15.3. The maximum absolute atomic E-state index is 6.57. The number of hydrogen-bond acceptors (Lipinski definition) is 4. The molecule has 2 aromatic heterocycles. The topological polar surface area (TPSA) is 51.8 Å². The van der Waals surface area contributed by atoms with E-state index in [1.807, 2.05) is 78.9 Å². The van der Waals surface area contributed by atoms with E-state index in [2.05, 4.69) is 109 Å². The molecule has 0 aliphatic rings. The molecule has 0 spiro atoms. The molecule has 0 N–H and O–H groups in total. The summed E-state index contributed by atoms with van der Waals surface area (Å²) in [6.45, 7) is 0. The Hall–Kier alpha value is -7.43. The molecule has 0 saturated carbocycles. The maximum atomic E-state index is 6.57. The molecule has 0 atom stereocenters. The number of rotatable bonds is 5. The third-order valence-corrected chi connectivity index (χ3v) is 10.7. The van der Waals surface area contributed by atoms with Gasteiger partial charge in [-0.2, -0.15) is 0 Å². The van der Waals surface area contributed by atoms with Gasteiger partial charge in [0, 0.05) is 27.5 Å².